The molecule has 7 heteroatoms. The number of nitrogens with two attached hydrogens (primary N) is 1. The molecule has 0 atom stereocenters. The number of hydrogen-bond acceptors (Lipinski definition) is 3. The first-order valence-corrected chi connectivity index (χ1v) is 6.23. The molecule has 1 saturated heterocycles. The third-order valence-electron chi connectivity index (χ3n) is 3.01. The van der Waals surface area contributed by atoms with Gasteiger partial charge < -0.3 is 26.2 Å². The van der Waals surface area contributed by atoms with Crippen LogP contribution in [0.15, 0.2) is 0 Å². The fraction of sp³-hybridized carbons (Fsp3) is 0.818. The predicted octanol–water partition coefficient (Wildman–Crippen LogP) is -0.610. The Hall–Kier alpha value is -1.50. The van der Waals surface area contributed by atoms with E-state index in [1.54, 1.807) is 19.0 Å². The van der Waals surface area contributed by atoms with Crippen LogP contribution < -0.4 is 16.4 Å². The van der Waals surface area contributed by atoms with Crippen molar-refractivity contribution in [3.05, 3.63) is 0 Å². The summed E-state index contributed by atoms with van der Waals surface area (Å²) < 4.78 is 0. The van der Waals surface area contributed by atoms with Gasteiger partial charge in [0, 0.05) is 46.3 Å². The van der Waals surface area contributed by atoms with Crippen LogP contribution >= 0.6 is 0 Å². The van der Waals surface area contributed by atoms with Gasteiger partial charge in [0.2, 0.25) is 0 Å². The van der Waals surface area contributed by atoms with Gasteiger partial charge >= 0.3 is 12.1 Å². The number of nitrogens with zero attached hydrogens (tertiary/aromatic N) is 2. The van der Waals surface area contributed by atoms with Crippen molar-refractivity contribution in [3.63, 3.8) is 0 Å². The lowest BCUT2D eigenvalue weighted by molar-refractivity contribution is 0.152. The Kier molecular flexibility index (Phi) is 5.70. The smallest absolute Gasteiger partial charge is 0.319 e. The molecule has 4 amide bonds. The van der Waals surface area contributed by atoms with Gasteiger partial charge in [-0.15, -0.1) is 0 Å². The molecule has 1 heterocycles. The monoisotopic (exact) mass is 257 g/mol. The molecule has 1 aliphatic rings. The average molecular weight is 257 g/mol. The summed E-state index contributed by atoms with van der Waals surface area (Å²) >= 11 is 0. The number of piperidine rings is 1. The van der Waals surface area contributed by atoms with Gasteiger partial charge in [0.15, 0.2) is 0 Å². The first kappa shape index (κ1) is 14.6. The van der Waals surface area contributed by atoms with Gasteiger partial charge in [-0.2, -0.15) is 0 Å². The normalized spacial score (nSPS) is 16.4. The molecule has 0 bridgehead atoms. The maximum Gasteiger partial charge on any atom is 0.319 e. The number of amides is 4. The van der Waals surface area contributed by atoms with E-state index >= 15 is 0 Å². The highest BCUT2D eigenvalue weighted by Gasteiger charge is 2.23. The number of carbonyl (C=O) groups is 2. The number of carbonyl (C=O) groups excluding carboxylic acids is 2. The predicted molar refractivity (Wildman–Crippen MR) is 69.3 cm³/mol. The second kappa shape index (κ2) is 7.05. The van der Waals surface area contributed by atoms with E-state index in [-0.39, 0.29) is 6.03 Å². The number of urea groups is 2. The lowest BCUT2D eigenvalue weighted by Crippen LogP contribution is -2.49. The van der Waals surface area contributed by atoms with E-state index in [2.05, 4.69) is 10.6 Å². The van der Waals surface area contributed by atoms with Crippen molar-refractivity contribution in [3.8, 4) is 0 Å². The van der Waals surface area contributed by atoms with Gasteiger partial charge in [0.1, 0.15) is 0 Å². The molecule has 1 aliphatic heterocycles. The molecule has 104 valence electrons. The van der Waals surface area contributed by atoms with Crippen LogP contribution in [0, 0.1) is 0 Å². The summed E-state index contributed by atoms with van der Waals surface area (Å²) in [6.45, 7) is 2.79. The lowest BCUT2D eigenvalue weighted by atomic mass is 10.1. The van der Waals surface area contributed by atoms with E-state index in [9.17, 15) is 9.59 Å². The molecule has 4 N–H and O–H groups in total. The van der Waals surface area contributed by atoms with Crippen molar-refractivity contribution in [2.24, 2.45) is 5.73 Å². The molecule has 18 heavy (non-hydrogen) atoms. The van der Waals surface area contributed by atoms with E-state index in [1.807, 2.05) is 4.90 Å². The van der Waals surface area contributed by atoms with Crippen molar-refractivity contribution in [1.82, 2.24) is 20.4 Å². The van der Waals surface area contributed by atoms with Crippen LogP contribution in [0.1, 0.15) is 12.8 Å². The Morgan fingerprint density at radius 3 is 2.39 bits per heavy atom. The van der Waals surface area contributed by atoms with Gasteiger partial charge in [0.25, 0.3) is 0 Å². The third-order valence-corrected chi connectivity index (χ3v) is 3.01. The van der Waals surface area contributed by atoms with Gasteiger partial charge in [-0.25, -0.2) is 9.59 Å². The molecule has 0 aromatic carbocycles. The molecule has 0 spiro atoms. The summed E-state index contributed by atoms with van der Waals surface area (Å²) in [7, 11) is 3.53. The highest BCUT2D eigenvalue weighted by Crippen LogP contribution is 2.11. The SMILES string of the molecule is CN(C)C(=O)N1CCC(NCCNC(N)=O)CC1. The van der Waals surface area contributed by atoms with Crippen molar-refractivity contribution in [1.29, 1.82) is 0 Å². The number of nitrogens with one attached hydrogen (secondary N) is 2. The van der Waals surface area contributed by atoms with Crippen LogP contribution in [0.25, 0.3) is 0 Å². The molecule has 1 rings (SSSR count). The van der Waals surface area contributed by atoms with Crippen LogP contribution in [-0.2, 0) is 0 Å². The van der Waals surface area contributed by atoms with Crippen molar-refractivity contribution < 1.29 is 9.59 Å². The molecule has 1 fully saturated rings. The Bertz CT molecular complexity index is 287. The topological polar surface area (TPSA) is 90.7 Å². The summed E-state index contributed by atoms with van der Waals surface area (Å²) in [5.41, 5.74) is 4.96. The zero-order valence-corrected chi connectivity index (χ0v) is 11.1. The van der Waals surface area contributed by atoms with Crippen LogP contribution in [0.4, 0.5) is 9.59 Å². The molecule has 0 aromatic rings. The standard InChI is InChI=1S/C11H23N5O2/c1-15(2)11(18)16-7-3-9(4-8-16)13-5-6-14-10(12)17/h9,13H,3-8H2,1-2H3,(H3,12,14,17). The summed E-state index contributed by atoms with van der Waals surface area (Å²) in [6.07, 6.45) is 1.88. The van der Waals surface area contributed by atoms with E-state index in [0.29, 0.717) is 19.1 Å². The first-order valence-electron chi connectivity index (χ1n) is 6.23. The van der Waals surface area contributed by atoms with Crippen LogP contribution in [-0.4, -0.2) is 68.2 Å². The number of primary amides is 1. The van der Waals surface area contributed by atoms with Crippen LogP contribution in [0.2, 0.25) is 0 Å². The maximum absolute atomic E-state index is 11.7. The van der Waals surface area contributed by atoms with E-state index in [0.717, 1.165) is 25.9 Å². The van der Waals surface area contributed by atoms with Gasteiger partial charge in [-0.3, -0.25) is 0 Å². The zero-order valence-electron chi connectivity index (χ0n) is 11.1. The molecular formula is C11H23N5O2. The van der Waals surface area contributed by atoms with Crippen molar-refractivity contribution >= 4 is 12.1 Å². The quantitative estimate of drug-likeness (QED) is 0.587. The van der Waals surface area contributed by atoms with Crippen molar-refractivity contribution in [2.45, 2.75) is 18.9 Å². The molecular weight excluding hydrogens is 234 g/mol. The lowest BCUT2D eigenvalue weighted by Gasteiger charge is -2.34. The average Bonchev–Trinajstić information content (AvgIpc) is 2.34. The summed E-state index contributed by atoms with van der Waals surface area (Å²) in [5, 5.41) is 5.88. The Morgan fingerprint density at radius 1 is 1.28 bits per heavy atom. The molecule has 7 nitrogen and oxygen atoms in total. The van der Waals surface area contributed by atoms with Crippen molar-refractivity contribution in [2.75, 3.05) is 40.3 Å². The van der Waals surface area contributed by atoms with E-state index in [1.165, 1.54) is 0 Å². The summed E-state index contributed by atoms with van der Waals surface area (Å²) in [5.74, 6) is 0. The fourth-order valence-electron chi connectivity index (χ4n) is 2.02. The minimum Gasteiger partial charge on any atom is -0.352 e. The summed E-state index contributed by atoms with van der Waals surface area (Å²) in [4.78, 5) is 25.6. The minimum absolute atomic E-state index is 0.0730. The van der Waals surface area contributed by atoms with Gasteiger partial charge in [-0.05, 0) is 12.8 Å². The molecule has 0 aromatic heterocycles. The highest BCUT2D eigenvalue weighted by atomic mass is 16.2. The Balaban J connectivity index is 2.15. The fourth-order valence-corrected chi connectivity index (χ4v) is 2.02. The largest absolute Gasteiger partial charge is 0.352 e. The number of likely N-dealkylation sites (tertiary alicyclic amines) is 1. The molecule has 0 unspecified atom stereocenters. The molecule has 0 saturated carbocycles. The van der Waals surface area contributed by atoms with Crippen LogP contribution in [0.3, 0.4) is 0 Å². The van der Waals surface area contributed by atoms with E-state index in [4.69, 9.17) is 5.73 Å². The second-order valence-corrected chi connectivity index (χ2v) is 4.68. The van der Waals surface area contributed by atoms with E-state index < -0.39 is 6.03 Å². The minimum atomic E-state index is -0.497. The third kappa shape index (κ3) is 4.79. The van der Waals surface area contributed by atoms with Crippen LogP contribution in [0.5, 0.6) is 0 Å². The summed E-state index contributed by atoms with van der Waals surface area (Å²) in [6, 6.07) is -0.0158. The number of hydrogen-bond donors (Lipinski definition) is 3. The first-order chi connectivity index (χ1) is 8.50. The molecule has 0 aliphatic carbocycles. The van der Waals surface area contributed by atoms with Gasteiger partial charge in [0.05, 0.1) is 0 Å². The Labute approximate surface area is 108 Å². The zero-order chi connectivity index (χ0) is 13.5. The second-order valence-electron chi connectivity index (χ2n) is 4.68. The highest BCUT2D eigenvalue weighted by molar-refractivity contribution is 5.73. The molecule has 0 radical (unpaired) electrons. The maximum atomic E-state index is 11.7. The number of rotatable bonds is 4. The van der Waals surface area contributed by atoms with Gasteiger partial charge in [-0.1, -0.05) is 0 Å². The Morgan fingerprint density at radius 2 is 1.89 bits per heavy atom.